The molecule has 4 rings (SSSR count). The Morgan fingerprint density at radius 3 is 3.00 bits per heavy atom. The van der Waals surface area contributed by atoms with E-state index >= 15 is 0 Å². The quantitative estimate of drug-likeness (QED) is 0.867. The second kappa shape index (κ2) is 6.78. The molecule has 0 radical (unpaired) electrons. The van der Waals surface area contributed by atoms with Gasteiger partial charge in [0.15, 0.2) is 0 Å². The summed E-state index contributed by atoms with van der Waals surface area (Å²) in [5, 5.41) is 23.1. The smallest absolute Gasteiger partial charge is 0.254 e. The highest BCUT2D eigenvalue weighted by molar-refractivity contribution is 6.01. The fourth-order valence-electron chi connectivity index (χ4n) is 3.14. The van der Waals surface area contributed by atoms with Crippen LogP contribution in [0.2, 0.25) is 0 Å². The molecule has 7 nitrogen and oxygen atoms in total. The Hall–Kier alpha value is -2.90. The van der Waals surface area contributed by atoms with Gasteiger partial charge >= 0.3 is 0 Å². The Morgan fingerprint density at radius 2 is 2.15 bits per heavy atom. The summed E-state index contributed by atoms with van der Waals surface area (Å²) in [7, 11) is 0. The van der Waals surface area contributed by atoms with Crippen molar-refractivity contribution >= 4 is 12.0 Å². The van der Waals surface area contributed by atoms with Crippen LogP contribution in [-0.4, -0.2) is 44.0 Å². The van der Waals surface area contributed by atoms with Crippen LogP contribution in [0.5, 0.6) is 5.75 Å². The number of aromatic nitrogens is 2. The average molecular weight is 353 g/mol. The second-order valence-corrected chi connectivity index (χ2v) is 6.27. The van der Waals surface area contributed by atoms with Gasteiger partial charge in [-0.3, -0.25) is 9.48 Å². The molecule has 0 fully saturated rings. The van der Waals surface area contributed by atoms with Gasteiger partial charge in [0, 0.05) is 17.7 Å². The van der Waals surface area contributed by atoms with Crippen molar-refractivity contribution in [1.82, 2.24) is 14.7 Å². The fourth-order valence-corrected chi connectivity index (χ4v) is 3.14. The van der Waals surface area contributed by atoms with Gasteiger partial charge in [-0.15, -0.1) is 0 Å². The van der Waals surface area contributed by atoms with Gasteiger partial charge < -0.3 is 19.8 Å². The first kappa shape index (κ1) is 16.6. The lowest BCUT2D eigenvalue weighted by atomic mass is 10.1. The van der Waals surface area contributed by atoms with Crippen molar-refractivity contribution < 1.29 is 19.7 Å². The summed E-state index contributed by atoms with van der Waals surface area (Å²) in [6.07, 6.45) is 4.03. The van der Waals surface area contributed by atoms with Gasteiger partial charge in [0.1, 0.15) is 11.9 Å². The first-order chi connectivity index (χ1) is 12.7. The van der Waals surface area contributed by atoms with Crippen LogP contribution in [0.4, 0.5) is 0 Å². The molecule has 1 unspecified atom stereocenters. The maximum atomic E-state index is 13.0. The zero-order chi connectivity index (χ0) is 18.1. The summed E-state index contributed by atoms with van der Waals surface area (Å²) < 4.78 is 7.32. The highest BCUT2D eigenvalue weighted by atomic mass is 16.5. The molecule has 134 valence electrons. The molecule has 1 aromatic heterocycles. The van der Waals surface area contributed by atoms with E-state index in [1.54, 1.807) is 21.7 Å². The Kier molecular flexibility index (Phi) is 4.32. The van der Waals surface area contributed by atoms with E-state index < -0.39 is 6.10 Å². The van der Waals surface area contributed by atoms with Crippen molar-refractivity contribution in [1.29, 1.82) is 0 Å². The SMILES string of the molecule is O=C(C1=Cc2ccccc2OC=C1)N1CCn2nc(C(O)CO)cc2C1. The average Bonchev–Trinajstić information content (AvgIpc) is 2.98. The van der Waals surface area contributed by atoms with E-state index in [9.17, 15) is 9.90 Å². The van der Waals surface area contributed by atoms with Crippen LogP contribution in [0.15, 0.2) is 48.2 Å². The number of nitrogens with zero attached hydrogens (tertiary/aromatic N) is 3. The molecule has 0 spiro atoms. The number of benzene rings is 1. The summed E-state index contributed by atoms with van der Waals surface area (Å²) in [6.45, 7) is 1.09. The molecule has 2 aliphatic rings. The summed E-state index contributed by atoms with van der Waals surface area (Å²) in [5.41, 5.74) is 2.67. The first-order valence-corrected chi connectivity index (χ1v) is 8.44. The van der Waals surface area contributed by atoms with Crippen LogP contribution in [0.3, 0.4) is 0 Å². The zero-order valence-electron chi connectivity index (χ0n) is 14.1. The summed E-state index contributed by atoms with van der Waals surface area (Å²) >= 11 is 0. The van der Waals surface area contributed by atoms with Gasteiger partial charge in [-0.25, -0.2) is 0 Å². The molecule has 26 heavy (non-hydrogen) atoms. The van der Waals surface area contributed by atoms with Gasteiger partial charge in [-0.2, -0.15) is 5.10 Å². The molecule has 7 heteroatoms. The van der Waals surface area contributed by atoms with Crippen molar-refractivity contribution in [3.63, 3.8) is 0 Å². The molecule has 2 aromatic rings. The Balaban J connectivity index is 1.56. The van der Waals surface area contributed by atoms with Gasteiger partial charge in [0.2, 0.25) is 0 Å². The van der Waals surface area contributed by atoms with Gasteiger partial charge in [0.25, 0.3) is 5.91 Å². The number of rotatable bonds is 3. The molecule has 1 amide bonds. The molecule has 1 atom stereocenters. The third-order valence-corrected chi connectivity index (χ3v) is 4.54. The molecule has 1 aromatic carbocycles. The van der Waals surface area contributed by atoms with E-state index in [4.69, 9.17) is 9.84 Å². The van der Waals surface area contributed by atoms with Crippen LogP contribution in [0.25, 0.3) is 6.08 Å². The van der Waals surface area contributed by atoms with Crippen molar-refractivity contribution in [2.24, 2.45) is 0 Å². The number of hydrogen-bond acceptors (Lipinski definition) is 5. The van der Waals surface area contributed by atoms with E-state index in [0.29, 0.717) is 36.7 Å². The highest BCUT2D eigenvalue weighted by Gasteiger charge is 2.25. The monoisotopic (exact) mass is 353 g/mol. The number of aliphatic hydroxyl groups is 2. The molecule has 2 N–H and O–H groups in total. The van der Waals surface area contributed by atoms with E-state index in [2.05, 4.69) is 5.10 Å². The topological polar surface area (TPSA) is 87.8 Å². The minimum absolute atomic E-state index is 0.0849. The Labute approximate surface area is 150 Å². The number of fused-ring (bicyclic) bond motifs is 2. The summed E-state index contributed by atoms with van der Waals surface area (Å²) in [5.74, 6) is 0.629. The molecule has 0 saturated heterocycles. The molecule has 0 bridgehead atoms. The Morgan fingerprint density at radius 1 is 1.31 bits per heavy atom. The van der Waals surface area contributed by atoms with Crippen LogP contribution in [-0.2, 0) is 17.9 Å². The van der Waals surface area contributed by atoms with Crippen LogP contribution >= 0.6 is 0 Å². The molecular formula is C19H19N3O4. The maximum absolute atomic E-state index is 13.0. The molecule has 2 aliphatic heterocycles. The summed E-state index contributed by atoms with van der Waals surface area (Å²) in [6, 6.07) is 9.29. The highest BCUT2D eigenvalue weighted by Crippen LogP contribution is 2.26. The predicted molar refractivity (Wildman–Crippen MR) is 93.9 cm³/mol. The van der Waals surface area contributed by atoms with E-state index in [0.717, 1.165) is 11.3 Å². The van der Waals surface area contributed by atoms with Crippen LogP contribution in [0, 0.1) is 0 Å². The van der Waals surface area contributed by atoms with Crippen molar-refractivity contribution in [2.45, 2.75) is 19.2 Å². The molecule has 0 saturated carbocycles. The maximum Gasteiger partial charge on any atom is 0.254 e. The normalized spacial score (nSPS) is 16.8. The molecular weight excluding hydrogens is 334 g/mol. The fraction of sp³-hybridized carbons (Fsp3) is 0.263. The van der Waals surface area contributed by atoms with Crippen molar-refractivity contribution in [3.8, 4) is 5.75 Å². The summed E-state index contributed by atoms with van der Waals surface area (Å²) in [4.78, 5) is 14.7. The van der Waals surface area contributed by atoms with Gasteiger partial charge in [0.05, 0.1) is 37.3 Å². The minimum Gasteiger partial charge on any atom is -0.464 e. The number of aliphatic hydroxyl groups excluding tert-OH is 2. The number of ether oxygens (including phenoxy) is 1. The van der Waals surface area contributed by atoms with E-state index in [-0.39, 0.29) is 12.5 Å². The van der Waals surface area contributed by atoms with Gasteiger partial charge in [-0.1, -0.05) is 18.2 Å². The standard InChI is InChI=1S/C19H19N3O4/c23-12-17(24)16-10-15-11-21(6-7-22(15)20-16)19(25)14-5-8-26-18-4-2-1-3-13(18)9-14/h1-5,8-10,17,23-24H,6-7,11-12H2. The predicted octanol–water partition coefficient (Wildman–Crippen LogP) is 1.24. The second-order valence-electron chi connectivity index (χ2n) is 6.27. The van der Waals surface area contributed by atoms with E-state index in [1.165, 1.54) is 6.26 Å². The minimum atomic E-state index is -1.00. The van der Waals surface area contributed by atoms with Gasteiger partial charge in [-0.05, 0) is 24.3 Å². The van der Waals surface area contributed by atoms with E-state index in [1.807, 2.05) is 30.3 Å². The zero-order valence-corrected chi connectivity index (χ0v) is 14.1. The van der Waals surface area contributed by atoms with Crippen LogP contribution in [0.1, 0.15) is 23.1 Å². The lowest BCUT2D eigenvalue weighted by Crippen LogP contribution is -2.38. The molecule has 3 heterocycles. The lowest BCUT2D eigenvalue weighted by molar-refractivity contribution is -0.128. The number of para-hydroxylation sites is 1. The largest absolute Gasteiger partial charge is 0.464 e. The number of carbonyl (C=O) groups excluding carboxylic acids is 1. The third kappa shape index (κ3) is 3.02. The van der Waals surface area contributed by atoms with Crippen molar-refractivity contribution in [2.75, 3.05) is 13.2 Å². The van der Waals surface area contributed by atoms with Crippen LogP contribution < -0.4 is 4.74 Å². The first-order valence-electron chi connectivity index (χ1n) is 8.44. The molecule has 0 aliphatic carbocycles. The lowest BCUT2D eigenvalue weighted by Gasteiger charge is -2.28. The Bertz CT molecular complexity index is 900. The number of amides is 1. The number of hydrogen-bond donors (Lipinski definition) is 2. The third-order valence-electron chi connectivity index (χ3n) is 4.54. The number of carbonyl (C=O) groups is 1. The van der Waals surface area contributed by atoms with Crippen molar-refractivity contribution in [3.05, 3.63) is 65.2 Å².